The van der Waals surface area contributed by atoms with Crippen LogP contribution in [0, 0.1) is 0 Å². The summed E-state index contributed by atoms with van der Waals surface area (Å²) >= 11 is 0. The number of ether oxygens (including phenoxy) is 2. The van der Waals surface area contributed by atoms with Crippen LogP contribution in [0.5, 0.6) is 0 Å². The van der Waals surface area contributed by atoms with Gasteiger partial charge in [-0.15, -0.1) is 0 Å². The molecule has 0 spiro atoms. The first-order valence-corrected chi connectivity index (χ1v) is 19.2. The van der Waals surface area contributed by atoms with Gasteiger partial charge < -0.3 is 40.3 Å². The second kappa shape index (κ2) is 30.3. The van der Waals surface area contributed by atoms with E-state index in [0.29, 0.717) is 6.42 Å². The molecule has 1 saturated heterocycles. The molecule has 48 heavy (non-hydrogen) atoms. The summed E-state index contributed by atoms with van der Waals surface area (Å²) in [6.45, 7) is 3.67. The Morgan fingerprint density at radius 1 is 0.688 bits per heavy atom. The Bertz CT molecular complexity index is 848. The number of hydrogen-bond donors (Lipinski definition) is 6. The first kappa shape index (κ1) is 44.4. The van der Waals surface area contributed by atoms with Gasteiger partial charge in [0, 0.05) is 6.42 Å². The van der Waals surface area contributed by atoms with Crippen LogP contribution in [0.25, 0.3) is 0 Å². The van der Waals surface area contributed by atoms with Crippen LogP contribution in [0.2, 0.25) is 0 Å². The molecule has 0 aromatic heterocycles. The zero-order valence-electron chi connectivity index (χ0n) is 30.2. The van der Waals surface area contributed by atoms with Gasteiger partial charge in [0.1, 0.15) is 24.4 Å². The smallest absolute Gasteiger partial charge is 0.220 e. The van der Waals surface area contributed by atoms with E-state index in [-0.39, 0.29) is 12.5 Å². The highest BCUT2D eigenvalue weighted by atomic mass is 16.7. The molecule has 9 nitrogen and oxygen atoms in total. The summed E-state index contributed by atoms with van der Waals surface area (Å²) < 4.78 is 11.1. The lowest BCUT2D eigenvalue weighted by Crippen LogP contribution is -2.60. The molecule has 1 aliphatic rings. The fraction of sp³-hybridized carbons (Fsp3) is 0.821. The van der Waals surface area contributed by atoms with Gasteiger partial charge in [0.25, 0.3) is 0 Å². The van der Waals surface area contributed by atoms with Crippen molar-refractivity contribution in [2.45, 2.75) is 192 Å². The molecule has 1 heterocycles. The lowest BCUT2D eigenvalue weighted by atomic mass is 9.99. The van der Waals surface area contributed by atoms with E-state index in [9.17, 15) is 30.3 Å². The monoisotopic (exact) mass is 682 g/mol. The molecule has 9 heteroatoms. The topological polar surface area (TPSA) is 149 Å². The van der Waals surface area contributed by atoms with Crippen LogP contribution in [0.3, 0.4) is 0 Å². The maximum atomic E-state index is 12.8. The van der Waals surface area contributed by atoms with Gasteiger partial charge in [0.05, 0.1) is 25.4 Å². The van der Waals surface area contributed by atoms with Gasteiger partial charge in [-0.3, -0.25) is 4.79 Å². The molecule has 0 saturated carbocycles. The molecule has 0 aliphatic carbocycles. The molecule has 0 aromatic rings. The average molecular weight is 682 g/mol. The van der Waals surface area contributed by atoms with Crippen molar-refractivity contribution in [3.63, 3.8) is 0 Å². The van der Waals surface area contributed by atoms with Crippen molar-refractivity contribution in [2.75, 3.05) is 13.2 Å². The van der Waals surface area contributed by atoms with E-state index in [1.807, 2.05) is 6.08 Å². The molecule has 6 N–H and O–H groups in total. The highest BCUT2D eigenvalue weighted by molar-refractivity contribution is 5.76. The lowest BCUT2D eigenvalue weighted by molar-refractivity contribution is -0.302. The number of amides is 1. The first-order chi connectivity index (χ1) is 23.3. The SMILES string of the molecule is CCCCCC/C=C\CCCCCCCCCC(=O)NC(COC1OC(CO)C(O)C(O)C1O)C(O)/C=C/CC/C=C/CCCCCC. The highest BCUT2D eigenvalue weighted by Gasteiger charge is 2.44. The Morgan fingerprint density at radius 2 is 1.19 bits per heavy atom. The van der Waals surface area contributed by atoms with Crippen LogP contribution in [0.1, 0.15) is 149 Å². The van der Waals surface area contributed by atoms with Crippen molar-refractivity contribution in [2.24, 2.45) is 0 Å². The number of carbonyl (C=O) groups is 1. The summed E-state index contributed by atoms with van der Waals surface area (Å²) in [5.74, 6) is -0.197. The van der Waals surface area contributed by atoms with Crippen molar-refractivity contribution in [1.29, 1.82) is 0 Å². The van der Waals surface area contributed by atoms with Crippen molar-refractivity contribution >= 4 is 5.91 Å². The largest absolute Gasteiger partial charge is 0.394 e. The van der Waals surface area contributed by atoms with E-state index in [4.69, 9.17) is 9.47 Å². The van der Waals surface area contributed by atoms with Crippen LogP contribution in [-0.2, 0) is 14.3 Å². The molecule has 1 aliphatic heterocycles. The Balaban J connectivity index is 2.46. The minimum atomic E-state index is -1.57. The summed E-state index contributed by atoms with van der Waals surface area (Å²) in [6, 6.07) is -0.819. The number of carbonyl (C=O) groups excluding carboxylic acids is 1. The van der Waals surface area contributed by atoms with E-state index < -0.39 is 49.5 Å². The third-order valence-electron chi connectivity index (χ3n) is 8.94. The quantitative estimate of drug-likeness (QED) is 0.0370. The zero-order valence-corrected chi connectivity index (χ0v) is 30.2. The highest BCUT2D eigenvalue weighted by Crippen LogP contribution is 2.22. The van der Waals surface area contributed by atoms with Crippen LogP contribution >= 0.6 is 0 Å². The van der Waals surface area contributed by atoms with Gasteiger partial charge in [-0.05, 0) is 57.8 Å². The van der Waals surface area contributed by atoms with Gasteiger partial charge in [-0.25, -0.2) is 0 Å². The molecule has 1 fully saturated rings. The molecule has 280 valence electrons. The van der Waals surface area contributed by atoms with Crippen molar-refractivity contribution in [1.82, 2.24) is 5.32 Å². The standard InChI is InChI=1S/C39H71NO8/c1-3-5-7-9-11-13-15-16-17-18-19-21-23-25-27-29-35(43)40-32(31-47-39-38(46)37(45)36(44)34(30-41)48-39)33(42)28-26-24-22-20-14-12-10-8-6-4-2/h13-15,20,26,28,32-34,36-39,41-42,44-46H,3-12,16-19,21-25,27,29-31H2,1-2H3,(H,40,43)/b15-13-,20-14+,28-26+. The summed E-state index contributed by atoms with van der Waals surface area (Å²) in [6.07, 6.45) is 27.6. The second-order valence-electron chi connectivity index (χ2n) is 13.4. The van der Waals surface area contributed by atoms with Gasteiger partial charge in [-0.2, -0.15) is 0 Å². The minimum absolute atomic E-state index is 0.197. The molecule has 7 unspecified atom stereocenters. The Hall–Kier alpha value is -1.59. The third kappa shape index (κ3) is 21.5. The predicted molar refractivity (Wildman–Crippen MR) is 193 cm³/mol. The molecular formula is C39H71NO8. The molecule has 1 amide bonds. The van der Waals surface area contributed by atoms with Crippen molar-refractivity contribution in [3.8, 4) is 0 Å². The van der Waals surface area contributed by atoms with E-state index in [0.717, 1.165) is 51.4 Å². The van der Waals surface area contributed by atoms with Gasteiger partial charge >= 0.3 is 0 Å². The van der Waals surface area contributed by atoms with Crippen LogP contribution < -0.4 is 5.32 Å². The van der Waals surface area contributed by atoms with Crippen LogP contribution in [0.4, 0.5) is 0 Å². The number of aliphatic hydroxyl groups is 5. The summed E-state index contributed by atoms with van der Waals surface area (Å²) in [5.41, 5.74) is 0. The van der Waals surface area contributed by atoms with E-state index in [1.165, 1.54) is 77.0 Å². The molecule has 0 aromatic carbocycles. The number of rotatable bonds is 30. The van der Waals surface area contributed by atoms with E-state index in [1.54, 1.807) is 6.08 Å². The van der Waals surface area contributed by atoms with E-state index in [2.05, 4.69) is 43.5 Å². The van der Waals surface area contributed by atoms with Crippen LogP contribution in [-0.4, -0.2) is 87.5 Å². The Kier molecular flexibility index (Phi) is 28.0. The average Bonchev–Trinajstić information content (AvgIpc) is 3.08. The lowest BCUT2D eigenvalue weighted by Gasteiger charge is -2.40. The van der Waals surface area contributed by atoms with Crippen molar-refractivity contribution < 1.29 is 39.8 Å². The number of allylic oxidation sites excluding steroid dienone is 5. The third-order valence-corrected chi connectivity index (χ3v) is 8.94. The molecule has 0 bridgehead atoms. The predicted octanol–water partition coefficient (Wildman–Crippen LogP) is 6.55. The van der Waals surface area contributed by atoms with Gasteiger partial charge in [0.2, 0.25) is 5.91 Å². The molecule has 7 atom stereocenters. The first-order valence-electron chi connectivity index (χ1n) is 19.2. The maximum absolute atomic E-state index is 12.8. The van der Waals surface area contributed by atoms with Crippen LogP contribution in [0.15, 0.2) is 36.5 Å². The minimum Gasteiger partial charge on any atom is -0.394 e. The van der Waals surface area contributed by atoms with Gasteiger partial charge in [0.15, 0.2) is 6.29 Å². The fourth-order valence-electron chi connectivity index (χ4n) is 5.75. The Labute approximate surface area is 291 Å². The van der Waals surface area contributed by atoms with Crippen molar-refractivity contribution in [3.05, 3.63) is 36.5 Å². The molecule has 1 rings (SSSR count). The summed E-state index contributed by atoms with van der Waals surface area (Å²) in [4.78, 5) is 12.8. The number of aliphatic hydroxyl groups excluding tert-OH is 5. The Morgan fingerprint density at radius 3 is 1.75 bits per heavy atom. The second-order valence-corrected chi connectivity index (χ2v) is 13.4. The molecular weight excluding hydrogens is 610 g/mol. The summed E-state index contributed by atoms with van der Waals surface area (Å²) in [5, 5.41) is 53.8. The normalized spacial score (nSPS) is 23.0. The fourth-order valence-corrected chi connectivity index (χ4v) is 5.75. The number of unbranched alkanes of at least 4 members (excludes halogenated alkanes) is 16. The maximum Gasteiger partial charge on any atom is 0.220 e. The molecule has 0 radical (unpaired) electrons. The zero-order chi connectivity index (χ0) is 35.2. The summed E-state index contributed by atoms with van der Waals surface area (Å²) in [7, 11) is 0. The van der Waals surface area contributed by atoms with Gasteiger partial charge in [-0.1, -0.05) is 121 Å². The number of nitrogens with one attached hydrogen (secondary N) is 1. The van der Waals surface area contributed by atoms with E-state index >= 15 is 0 Å². The number of hydrogen-bond acceptors (Lipinski definition) is 8.